The minimum atomic E-state index is -0.189. The van der Waals surface area contributed by atoms with E-state index in [0.29, 0.717) is 23.3 Å². The minimum absolute atomic E-state index is 0.0656. The van der Waals surface area contributed by atoms with Crippen LogP contribution in [0.2, 0.25) is 0 Å². The molecule has 1 amide bonds. The summed E-state index contributed by atoms with van der Waals surface area (Å²) in [6.45, 7) is 9.92. The van der Waals surface area contributed by atoms with Gasteiger partial charge in [-0.1, -0.05) is 32.0 Å². The Kier molecular flexibility index (Phi) is 5.32. The number of anilines is 2. The van der Waals surface area contributed by atoms with Gasteiger partial charge in [0.05, 0.1) is 0 Å². The SMILES string of the molecule is Cc1nc(Nc2ccccc2C(C)C)cc(C(=O)NC(C)C)n1. The van der Waals surface area contributed by atoms with E-state index in [1.54, 1.807) is 13.0 Å². The number of aryl methyl sites for hydroxylation is 1. The van der Waals surface area contributed by atoms with Crippen LogP contribution in [-0.2, 0) is 0 Å². The Morgan fingerprint density at radius 2 is 1.78 bits per heavy atom. The number of amides is 1. The molecule has 0 aliphatic carbocycles. The first-order valence-electron chi connectivity index (χ1n) is 7.89. The summed E-state index contributed by atoms with van der Waals surface area (Å²) in [7, 11) is 0. The second-order valence-corrected chi connectivity index (χ2v) is 6.18. The maximum absolute atomic E-state index is 12.2. The van der Waals surface area contributed by atoms with Gasteiger partial charge in [-0.25, -0.2) is 9.97 Å². The van der Waals surface area contributed by atoms with Gasteiger partial charge in [0.15, 0.2) is 0 Å². The van der Waals surface area contributed by atoms with Gasteiger partial charge in [0, 0.05) is 17.8 Å². The van der Waals surface area contributed by atoms with Gasteiger partial charge in [-0.15, -0.1) is 0 Å². The van der Waals surface area contributed by atoms with E-state index in [9.17, 15) is 4.79 Å². The summed E-state index contributed by atoms with van der Waals surface area (Å²) in [6.07, 6.45) is 0. The largest absolute Gasteiger partial charge is 0.349 e. The van der Waals surface area contributed by atoms with Crippen molar-refractivity contribution in [3.05, 3.63) is 47.4 Å². The number of rotatable bonds is 5. The van der Waals surface area contributed by atoms with E-state index in [0.717, 1.165) is 5.69 Å². The fraction of sp³-hybridized carbons (Fsp3) is 0.389. The van der Waals surface area contributed by atoms with Gasteiger partial charge in [0.25, 0.3) is 5.91 Å². The van der Waals surface area contributed by atoms with E-state index in [-0.39, 0.29) is 11.9 Å². The molecule has 0 spiro atoms. The molecule has 1 heterocycles. The second kappa shape index (κ2) is 7.22. The maximum atomic E-state index is 12.2. The van der Waals surface area contributed by atoms with Crippen molar-refractivity contribution >= 4 is 17.4 Å². The summed E-state index contributed by atoms with van der Waals surface area (Å²) in [5, 5.41) is 6.16. The first kappa shape index (κ1) is 16.9. The van der Waals surface area contributed by atoms with Crippen molar-refractivity contribution < 1.29 is 4.79 Å². The first-order chi connectivity index (χ1) is 10.9. The van der Waals surface area contributed by atoms with Crippen molar-refractivity contribution in [1.29, 1.82) is 0 Å². The van der Waals surface area contributed by atoms with Gasteiger partial charge < -0.3 is 10.6 Å². The van der Waals surface area contributed by atoms with E-state index >= 15 is 0 Å². The predicted molar refractivity (Wildman–Crippen MR) is 93.2 cm³/mol. The molecule has 2 N–H and O–H groups in total. The molecule has 0 bridgehead atoms. The highest BCUT2D eigenvalue weighted by Crippen LogP contribution is 2.26. The Morgan fingerprint density at radius 1 is 1.09 bits per heavy atom. The Balaban J connectivity index is 2.31. The lowest BCUT2D eigenvalue weighted by atomic mass is 10.0. The molecule has 5 heteroatoms. The zero-order valence-corrected chi connectivity index (χ0v) is 14.3. The number of para-hydroxylation sites is 1. The zero-order chi connectivity index (χ0) is 17.0. The van der Waals surface area contributed by atoms with Crippen LogP contribution in [0.3, 0.4) is 0 Å². The summed E-state index contributed by atoms with van der Waals surface area (Å²) in [5.74, 6) is 1.39. The molecule has 5 nitrogen and oxygen atoms in total. The molecule has 0 saturated heterocycles. The van der Waals surface area contributed by atoms with Crippen molar-refractivity contribution in [1.82, 2.24) is 15.3 Å². The Bertz CT molecular complexity index is 695. The summed E-state index contributed by atoms with van der Waals surface area (Å²) in [5.41, 5.74) is 2.57. The fourth-order valence-electron chi connectivity index (χ4n) is 2.34. The zero-order valence-electron chi connectivity index (χ0n) is 14.3. The molecule has 0 saturated carbocycles. The Hall–Kier alpha value is -2.43. The fourth-order valence-corrected chi connectivity index (χ4v) is 2.34. The number of carbonyl (C=O) groups is 1. The van der Waals surface area contributed by atoms with Crippen molar-refractivity contribution in [3.8, 4) is 0 Å². The highest BCUT2D eigenvalue weighted by atomic mass is 16.1. The van der Waals surface area contributed by atoms with Crippen LogP contribution in [0.4, 0.5) is 11.5 Å². The summed E-state index contributed by atoms with van der Waals surface area (Å²) in [4.78, 5) is 20.8. The van der Waals surface area contributed by atoms with Crippen LogP contribution in [0.5, 0.6) is 0 Å². The molecular weight excluding hydrogens is 288 g/mol. The molecule has 0 fully saturated rings. The Morgan fingerprint density at radius 3 is 2.43 bits per heavy atom. The average Bonchev–Trinajstić information content (AvgIpc) is 2.46. The third-order valence-electron chi connectivity index (χ3n) is 3.34. The van der Waals surface area contributed by atoms with Gasteiger partial charge in [-0.2, -0.15) is 0 Å². The number of hydrogen-bond acceptors (Lipinski definition) is 4. The highest BCUT2D eigenvalue weighted by molar-refractivity contribution is 5.93. The van der Waals surface area contributed by atoms with Gasteiger partial charge in [-0.05, 0) is 38.3 Å². The number of carbonyl (C=O) groups excluding carboxylic acids is 1. The third kappa shape index (κ3) is 4.52. The van der Waals surface area contributed by atoms with Crippen molar-refractivity contribution in [2.75, 3.05) is 5.32 Å². The molecule has 0 atom stereocenters. The molecule has 0 aliphatic rings. The summed E-state index contributed by atoms with van der Waals surface area (Å²) >= 11 is 0. The van der Waals surface area contributed by atoms with Crippen LogP contribution in [-0.4, -0.2) is 21.9 Å². The number of nitrogens with zero attached hydrogens (tertiary/aromatic N) is 2. The van der Waals surface area contributed by atoms with Gasteiger partial charge in [0.2, 0.25) is 0 Å². The van der Waals surface area contributed by atoms with E-state index in [1.165, 1.54) is 5.56 Å². The molecular formula is C18H24N4O. The molecule has 2 rings (SSSR count). The van der Waals surface area contributed by atoms with E-state index in [4.69, 9.17) is 0 Å². The highest BCUT2D eigenvalue weighted by Gasteiger charge is 2.13. The first-order valence-corrected chi connectivity index (χ1v) is 7.89. The maximum Gasteiger partial charge on any atom is 0.270 e. The van der Waals surface area contributed by atoms with E-state index in [2.05, 4.69) is 40.5 Å². The Labute approximate surface area is 137 Å². The lowest BCUT2D eigenvalue weighted by molar-refractivity contribution is 0.0937. The monoisotopic (exact) mass is 312 g/mol. The molecule has 1 aromatic heterocycles. The van der Waals surface area contributed by atoms with Crippen molar-refractivity contribution in [2.45, 2.75) is 46.6 Å². The van der Waals surface area contributed by atoms with Gasteiger partial charge in [-0.3, -0.25) is 4.79 Å². The van der Waals surface area contributed by atoms with Crippen LogP contribution in [0.1, 0.15) is 55.5 Å². The molecule has 2 aromatic rings. The topological polar surface area (TPSA) is 66.9 Å². The molecule has 1 aromatic carbocycles. The van der Waals surface area contributed by atoms with Gasteiger partial charge in [0.1, 0.15) is 17.3 Å². The van der Waals surface area contributed by atoms with E-state index < -0.39 is 0 Å². The summed E-state index contributed by atoms with van der Waals surface area (Å²) < 4.78 is 0. The smallest absolute Gasteiger partial charge is 0.270 e. The number of aromatic nitrogens is 2. The summed E-state index contributed by atoms with van der Waals surface area (Å²) in [6, 6.07) is 9.86. The lowest BCUT2D eigenvalue weighted by Crippen LogP contribution is -2.31. The molecule has 23 heavy (non-hydrogen) atoms. The number of benzene rings is 1. The molecule has 0 radical (unpaired) electrons. The van der Waals surface area contributed by atoms with Crippen LogP contribution in [0.15, 0.2) is 30.3 Å². The van der Waals surface area contributed by atoms with Crippen LogP contribution < -0.4 is 10.6 Å². The normalized spacial score (nSPS) is 10.9. The molecule has 0 unspecified atom stereocenters. The lowest BCUT2D eigenvalue weighted by Gasteiger charge is -2.15. The third-order valence-corrected chi connectivity index (χ3v) is 3.34. The standard InChI is InChI=1S/C18H24N4O/c1-11(2)14-8-6-7-9-15(14)22-17-10-16(20-13(5)21-17)18(23)19-12(3)4/h6-12H,1-5H3,(H,19,23)(H,20,21,22). The van der Waals surface area contributed by atoms with Crippen molar-refractivity contribution in [2.24, 2.45) is 0 Å². The average molecular weight is 312 g/mol. The quantitative estimate of drug-likeness (QED) is 0.881. The van der Waals surface area contributed by atoms with E-state index in [1.807, 2.05) is 32.0 Å². The number of nitrogens with one attached hydrogen (secondary N) is 2. The molecule has 0 aliphatic heterocycles. The minimum Gasteiger partial charge on any atom is -0.349 e. The van der Waals surface area contributed by atoms with Crippen LogP contribution >= 0.6 is 0 Å². The second-order valence-electron chi connectivity index (χ2n) is 6.18. The van der Waals surface area contributed by atoms with Crippen LogP contribution in [0.25, 0.3) is 0 Å². The van der Waals surface area contributed by atoms with Crippen molar-refractivity contribution in [3.63, 3.8) is 0 Å². The predicted octanol–water partition coefficient (Wildman–Crippen LogP) is 3.79. The molecule has 122 valence electrons. The van der Waals surface area contributed by atoms with Gasteiger partial charge >= 0.3 is 0 Å². The number of hydrogen-bond donors (Lipinski definition) is 2. The van der Waals surface area contributed by atoms with Crippen LogP contribution in [0, 0.1) is 6.92 Å².